The molecule has 1 aliphatic rings. The lowest BCUT2D eigenvalue weighted by molar-refractivity contribution is 0.0706. The number of carbonyl (C=O) groups excluding carboxylic acids is 1. The van der Waals surface area contributed by atoms with Gasteiger partial charge in [0.2, 0.25) is 0 Å². The highest BCUT2D eigenvalue weighted by Crippen LogP contribution is 2.29. The number of aryl methyl sites for hydroxylation is 1. The van der Waals surface area contributed by atoms with E-state index >= 15 is 0 Å². The smallest absolute Gasteiger partial charge is 0.257 e. The lowest BCUT2D eigenvalue weighted by atomic mass is 9.91. The Morgan fingerprint density at radius 3 is 2.86 bits per heavy atom. The van der Waals surface area contributed by atoms with E-state index in [9.17, 15) is 4.79 Å². The molecule has 1 amide bonds. The summed E-state index contributed by atoms with van der Waals surface area (Å²) >= 11 is 0. The van der Waals surface area contributed by atoms with E-state index in [1.54, 1.807) is 18.6 Å². The maximum absolute atomic E-state index is 12.7. The van der Waals surface area contributed by atoms with Gasteiger partial charge in [0, 0.05) is 43.8 Å². The van der Waals surface area contributed by atoms with E-state index in [-0.39, 0.29) is 11.8 Å². The van der Waals surface area contributed by atoms with Crippen molar-refractivity contribution in [2.24, 2.45) is 0 Å². The lowest BCUT2D eigenvalue weighted by Crippen LogP contribution is -2.39. The number of amides is 1. The Labute approximate surface area is 163 Å². The maximum Gasteiger partial charge on any atom is 0.257 e. The summed E-state index contributed by atoms with van der Waals surface area (Å²) in [5.74, 6) is 1.83. The summed E-state index contributed by atoms with van der Waals surface area (Å²) in [5, 5.41) is 3.29. The van der Waals surface area contributed by atoms with Crippen molar-refractivity contribution in [2.75, 3.05) is 18.4 Å². The van der Waals surface area contributed by atoms with E-state index in [1.165, 1.54) is 11.9 Å². The molecule has 0 spiro atoms. The van der Waals surface area contributed by atoms with Crippen molar-refractivity contribution in [1.29, 1.82) is 0 Å². The maximum atomic E-state index is 12.7. The predicted molar refractivity (Wildman–Crippen MR) is 106 cm³/mol. The second-order valence-electron chi connectivity index (χ2n) is 6.99. The van der Waals surface area contributed by atoms with Crippen LogP contribution in [0.1, 0.15) is 40.2 Å². The molecule has 7 nitrogen and oxygen atoms in total. The first-order chi connectivity index (χ1) is 13.7. The molecule has 142 valence electrons. The first-order valence-corrected chi connectivity index (χ1v) is 9.39. The molecule has 7 heteroatoms. The monoisotopic (exact) mass is 374 g/mol. The van der Waals surface area contributed by atoms with Gasteiger partial charge in [0.05, 0.1) is 5.56 Å². The van der Waals surface area contributed by atoms with Crippen LogP contribution in [0.3, 0.4) is 0 Å². The van der Waals surface area contributed by atoms with Crippen molar-refractivity contribution in [2.45, 2.75) is 25.7 Å². The second-order valence-corrected chi connectivity index (χ2v) is 6.99. The van der Waals surface area contributed by atoms with Crippen LogP contribution in [-0.4, -0.2) is 43.8 Å². The lowest BCUT2D eigenvalue weighted by Gasteiger charge is -2.33. The van der Waals surface area contributed by atoms with Gasteiger partial charge in [-0.3, -0.25) is 4.79 Å². The molecule has 28 heavy (non-hydrogen) atoms. The Hall–Kier alpha value is -3.35. The molecule has 1 N–H and O–H groups in total. The van der Waals surface area contributed by atoms with Crippen LogP contribution in [0, 0.1) is 6.92 Å². The summed E-state index contributed by atoms with van der Waals surface area (Å²) in [5.41, 5.74) is 2.77. The number of aromatic nitrogens is 4. The average molecular weight is 374 g/mol. The van der Waals surface area contributed by atoms with Crippen LogP contribution in [0.15, 0.2) is 55.4 Å². The van der Waals surface area contributed by atoms with E-state index in [1.807, 2.05) is 36.2 Å². The third kappa shape index (κ3) is 3.98. The normalized spacial score (nSPS) is 16.6. The fourth-order valence-electron chi connectivity index (χ4n) is 3.53. The van der Waals surface area contributed by atoms with Crippen LogP contribution in [0.4, 0.5) is 11.6 Å². The number of carbonyl (C=O) groups is 1. The zero-order chi connectivity index (χ0) is 19.3. The van der Waals surface area contributed by atoms with Crippen molar-refractivity contribution < 1.29 is 4.79 Å². The van der Waals surface area contributed by atoms with Gasteiger partial charge < -0.3 is 10.2 Å². The van der Waals surface area contributed by atoms with Gasteiger partial charge in [-0.25, -0.2) is 19.9 Å². The van der Waals surface area contributed by atoms with Crippen molar-refractivity contribution in [3.8, 4) is 0 Å². The van der Waals surface area contributed by atoms with Gasteiger partial charge in [-0.15, -0.1) is 0 Å². The number of anilines is 2. The number of piperidine rings is 1. The number of nitrogens with zero attached hydrogens (tertiary/aromatic N) is 5. The minimum atomic E-state index is -0.0122. The third-order valence-corrected chi connectivity index (χ3v) is 5.03. The number of rotatable bonds is 4. The van der Waals surface area contributed by atoms with Crippen molar-refractivity contribution >= 4 is 17.5 Å². The fourth-order valence-corrected chi connectivity index (χ4v) is 3.53. The predicted octanol–water partition coefficient (Wildman–Crippen LogP) is 3.34. The van der Waals surface area contributed by atoms with Crippen LogP contribution in [0.2, 0.25) is 0 Å². The Kier molecular flexibility index (Phi) is 5.23. The Morgan fingerprint density at radius 1 is 1.18 bits per heavy atom. The number of pyridine rings is 2. The second kappa shape index (κ2) is 8.12. The Morgan fingerprint density at radius 2 is 2.04 bits per heavy atom. The molecule has 0 aliphatic carbocycles. The minimum Gasteiger partial charge on any atom is -0.338 e. The largest absolute Gasteiger partial charge is 0.338 e. The molecule has 0 aromatic carbocycles. The highest BCUT2D eigenvalue weighted by Gasteiger charge is 2.26. The van der Waals surface area contributed by atoms with Crippen molar-refractivity contribution in [3.63, 3.8) is 0 Å². The molecule has 1 atom stereocenters. The SMILES string of the molecule is Cc1cccnc1Nc1cc(C2CCCN(C(=O)c3cncnc3)C2)ccn1. The summed E-state index contributed by atoms with van der Waals surface area (Å²) in [6, 6.07) is 8.01. The topological polar surface area (TPSA) is 83.9 Å². The molecule has 4 heterocycles. The van der Waals surface area contributed by atoms with Crippen molar-refractivity contribution in [3.05, 3.63) is 72.1 Å². The first-order valence-electron chi connectivity index (χ1n) is 9.39. The third-order valence-electron chi connectivity index (χ3n) is 5.03. The zero-order valence-electron chi connectivity index (χ0n) is 15.7. The number of hydrogen-bond acceptors (Lipinski definition) is 6. The molecule has 1 saturated heterocycles. The summed E-state index contributed by atoms with van der Waals surface area (Å²) in [4.78, 5) is 31.3. The van der Waals surface area contributed by atoms with Gasteiger partial charge in [-0.05, 0) is 49.1 Å². The van der Waals surface area contributed by atoms with E-state index in [0.29, 0.717) is 12.1 Å². The van der Waals surface area contributed by atoms with E-state index in [2.05, 4.69) is 31.3 Å². The quantitative estimate of drug-likeness (QED) is 0.754. The molecule has 1 fully saturated rings. The molecular weight excluding hydrogens is 352 g/mol. The van der Waals surface area contributed by atoms with Crippen LogP contribution >= 0.6 is 0 Å². The molecule has 1 unspecified atom stereocenters. The molecule has 0 radical (unpaired) electrons. The van der Waals surface area contributed by atoms with Crippen molar-refractivity contribution in [1.82, 2.24) is 24.8 Å². The molecule has 3 aromatic heterocycles. The van der Waals surface area contributed by atoms with Gasteiger partial charge in [0.25, 0.3) is 5.91 Å². The summed E-state index contributed by atoms with van der Waals surface area (Å²) < 4.78 is 0. The summed E-state index contributed by atoms with van der Waals surface area (Å²) in [6.45, 7) is 3.45. The fraction of sp³-hybridized carbons (Fsp3) is 0.286. The van der Waals surface area contributed by atoms with Crippen LogP contribution in [0.25, 0.3) is 0 Å². The van der Waals surface area contributed by atoms with Gasteiger partial charge in [-0.1, -0.05) is 6.07 Å². The minimum absolute atomic E-state index is 0.0122. The first kappa shape index (κ1) is 18.0. The standard InChI is InChI=1S/C21H22N6O/c1-15-4-2-7-25-20(15)26-19-10-16(6-8-24-19)17-5-3-9-27(13-17)21(28)18-11-22-14-23-12-18/h2,4,6-8,10-12,14,17H,3,5,9,13H2,1H3,(H,24,25,26). The van der Waals surface area contributed by atoms with Gasteiger partial charge in [0.1, 0.15) is 18.0 Å². The van der Waals surface area contributed by atoms with E-state index in [0.717, 1.165) is 36.6 Å². The van der Waals surface area contributed by atoms with Gasteiger partial charge >= 0.3 is 0 Å². The van der Waals surface area contributed by atoms with Crippen LogP contribution in [-0.2, 0) is 0 Å². The molecule has 4 rings (SSSR count). The van der Waals surface area contributed by atoms with Crippen LogP contribution in [0.5, 0.6) is 0 Å². The van der Waals surface area contributed by atoms with Crippen LogP contribution < -0.4 is 5.32 Å². The summed E-state index contributed by atoms with van der Waals surface area (Å²) in [6.07, 6.45) is 10.2. The average Bonchev–Trinajstić information content (AvgIpc) is 2.76. The number of nitrogens with one attached hydrogen (secondary N) is 1. The number of likely N-dealkylation sites (tertiary alicyclic amines) is 1. The zero-order valence-corrected chi connectivity index (χ0v) is 15.7. The molecular formula is C21H22N6O. The van der Waals surface area contributed by atoms with E-state index < -0.39 is 0 Å². The number of hydrogen-bond donors (Lipinski definition) is 1. The molecule has 1 aliphatic heterocycles. The Bertz CT molecular complexity index is 962. The molecule has 0 bridgehead atoms. The summed E-state index contributed by atoms with van der Waals surface area (Å²) in [7, 11) is 0. The highest BCUT2D eigenvalue weighted by molar-refractivity contribution is 5.93. The molecule has 0 saturated carbocycles. The van der Waals surface area contributed by atoms with Gasteiger partial charge in [0.15, 0.2) is 0 Å². The van der Waals surface area contributed by atoms with Gasteiger partial charge in [-0.2, -0.15) is 0 Å². The van der Waals surface area contributed by atoms with E-state index in [4.69, 9.17) is 0 Å². The highest BCUT2D eigenvalue weighted by atomic mass is 16.2. The molecule has 3 aromatic rings. The Balaban J connectivity index is 1.49.